The van der Waals surface area contributed by atoms with Gasteiger partial charge in [-0.3, -0.25) is 14.2 Å². The molecular weight excluding hydrogens is 506 g/mol. The van der Waals surface area contributed by atoms with Crippen molar-refractivity contribution in [2.45, 2.75) is 57.2 Å². The summed E-state index contributed by atoms with van der Waals surface area (Å²) in [4.78, 5) is 6.56. The summed E-state index contributed by atoms with van der Waals surface area (Å²) in [6.07, 6.45) is 0.280. The van der Waals surface area contributed by atoms with Gasteiger partial charge in [0.15, 0.2) is 0 Å². The molecular formula is C28H32F6N4. The van der Waals surface area contributed by atoms with Crippen molar-refractivity contribution in [2.24, 2.45) is 0 Å². The third-order valence-electron chi connectivity index (χ3n) is 7.80. The molecule has 4 nitrogen and oxygen atoms in total. The van der Waals surface area contributed by atoms with E-state index in [4.69, 9.17) is 0 Å². The first-order valence-corrected chi connectivity index (χ1v) is 13.1. The number of aromatic amines is 1. The molecule has 2 aromatic carbocycles. The van der Waals surface area contributed by atoms with E-state index >= 15 is 8.78 Å². The Kier molecular flexibility index (Phi) is 7.39. The summed E-state index contributed by atoms with van der Waals surface area (Å²) in [5.41, 5.74) is 1.24. The van der Waals surface area contributed by atoms with Crippen LogP contribution in [-0.4, -0.2) is 65.6 Å². The zero-order chi connectivity index (χ0) is 27.2. The lowest BCUT2D eigenvalue weighted by Gasteiger charge is -2.42. The number of hydrogen-bond donors (Lipinski definition) is 2. The molecule has 0 unspecified atom stereocenters. The van der Waals surface area contributed by atoms with Crippen molar-refractivity contribution < 1.29 is 26.3 Å². The van der Waals surface area contributed by atoms with E-state index in [1.807, 2.05) is 4.90 Å². The van der Waals surface area contributed by atoms with Crippen LogP contribution >= 0.6 is 0 Å². The number of nitrogens with one attached hydrogen (secondary N) is 2. The predicted octanol–water partition coefficient (Wildman–Crippen LogP) is 6.42. The smallest absolute Gasteiger partial charge is 0.260 e. The van der Waals surface area contributed by atoms with Crippen LogP contribution in [0.25, 0.3) is 10.9 Å². The number of benzene rings is 2. The first-order chi connectivity index (χ1) is 18.1. The molecule has 0 amide bonds. The topological polar surface area (TPSA) is 34.3 Å². The van der Waals surface area contributed by atoms with Gasteiger partial charge in [0.2, 0.25) is 0 Å². The van der Waals surface area contributed by atoms with Gasteiger partial charge in [0.1, 0.15) is 17.5 Å². The van der Waals surface area contributed by atoms with E-state index in [0.717, 1.165) is 0 Å². The Labute approximate surface area is 218 Å². The number of aromatic nitrogens is 1. The highest BCUT2D eigenvalue weighted by atomic mass is 19.3. The number of anilines is 1. The molecule has 1 fully saturated rings. The Balaban J connectivity index is 1.52. The number of nitrogens with zero attached hydrogens (tertiary/aromatic N) is 2. The van der Waals surface area contributed by atoms with Gasteiger partial charge >= 0.3 is 0 Å². The second-order valence-electron chi connectivity index (χ2n) is 10.5. The summed E-state index contributed by atoms with van der Waals surface area (Å²) in [5.74, 6) is -5.28. The van der Waals surface area contributed by atoms with Gasteiger partial charge in [0.05, 0.1) is 25.3 Å². The van der Waals surface area contributed by atoms with Crippen molar-refractivity contribution in [1.82, 2.24) is 14.8 Å². The fraction of sp³-hybridized carbons (Fsp3) is 0.500. The molecule has 2 N–H and O–H groups in total. The zero-order valence-corrected chi connectivity index (χ0v) is 21.4. The third kappa shape index (κ3) is 5.00. The first kappa shape index (κ1) is 26.9. The van der Waals surface area contributed by atoms with Crippen LogP contribution in [-0.2, 0) is 6.42 Å². The summed E-state index contributed by atoms with van der Waals surface area (Å²) in [7, 11) is 0. The number of alkyl halides is 3. The van der Waals surface area contributed by atoms with Crippen LogP contribution in [0.2, 0.25) is 0 Å². The molecule has 2 aliphatic rings. The van der Waals surface area contributed by atoms with Crippen molar-refractivity contribution in [1.29, 1.82) is 0 Å². The predicted molar refractivity (Wildman–Crippen MR) is 136 cm³/mol. The standard InChI is InChI=1S/C28H32F6N4/c1-3-28(33,34)15-38-16(2)10-19-24-20(30)6-4-7-23(24)36-26(19)27(38)25-21(31)11-17(12-22(25)32)35-18-13-37(14-18)9-5-8-29/h4,6-7,11-12,16,18,27,35-36H,3,5,8-10,13-15H2,1-2H3/t16-,27-/m1/s1. The largest absolute Gasteiger partial charge is 0.380 e. The van der Waals surface area contributed by atoms with Crippen molar-refractivity contribution in [3.63, 3.8) is 0 Å². The Morgan fingerprint density at radius 3 is 2.45 bits per heavy atom. The maximum absolute atomic E-state index is 15.7. The molecule has 38 heavy (non-hydrogen) atoms. The maximum Gasteiger partial charge on any atom is 0.260 e. The van der Waals surface area contributed by atoms with E-state index < -0.39 is 55.1 Å². The Morgan fingerprint density at radius 2 is 1.79 bits per heavy atom. The molecule has 0 aliphatic carbocycles. The lowest BCUT2D eigenvalue weighted by Crippen LogP contribution is -2.54. The number of halogens is 6. The van der Waals surface area contributed by atoms with Gasteiger partial charge in [0.25, 0.3) is 5.92 Å². The Morgan fingerprint density at radius 1 is 1.08 bits per heavy atom. The molecule has 0 bridgehead atoms. The van der Waals surface area contributed by atoms with E-state index in [9.17, 15) is 17.6 Å². The summed E-state index contributed by atoms with van der Waals surface area (Å²) < 4.78 is 88.0. The molecule has 5 rings (SSSR count). The van der Waals surface area contributed by atoms with Crippen LogP contribution in [0.3, 0.4) is 0 Å². The minimum atomic E-state index is -3.08. The summed E-state index contributed by atoms with van der Waals surface area (Å²) in [5, 5.41) is 3.43. The molecule has 2 aliphatic heterocycles. The second kappa shape index (κ2) is 10.4. The quantitative estimate of drug-likeness (QED) is 0.309. The van der Waals surface area contributed by atoms with E-state index in [-0.39, 0.29) is 23.7 Å². The number of fused-ring (bicyclic) bond motifs is 3. The molecule has 1 saturated heterocycles. The molecule has 206 valence electrons. The van der Waals surface area contributed by atoms with Crippen molar-refractivity contribution >= 4 is 16.6 Å². The molecule has 0 saturated carbocycles. The highest BCUT2D eigenvalue weighted by Crippen LogP contribution is 2.44. The fourth-order valence-electron chi connectivity index (χ4n) is 5.80. The van der Waals surface area contributed by atoms with Crippen molar-refractivity contribution in [2.75, 3.05) is 38.2 Å². The van der Waals surface area contributed by atoms with E-state index in [0.29, 0.717) is 48.2 Å². The summed E-state index contributed by atoms with van der Waals surface area (Å²) >= 11 is 0. The average molecular weight is 539 g/mol. The third-order valence-corrected chi connectivity index (χ3v) is 7.80. The Hall–Kier alpha value is -2.72. The average Bonchev–Trinajstić information content (AvgIpc) is 3.21. The van der Waals surface area contributed by atoms with Gasteiger partial charge in [-0.05, 0) is 49.6 Å². The van der Waals surface area contributed by atoms with Gasteiger partial charge in [-0.2, -0.15) is 0 Å². The monoisotopic (exact) mass is 538 g/mol. The normalized spacial score (nSPS) is 21.1. The molecule has 3 aromatic rings. The number of likely N-dealkylation sites (tertiary alicyclic amines) is 1. The number of hydrogen-bond acceptors (Lipinski definition) is 3. The van der Waals surface area contributed by atoms with E-state index in [2.05, 4.69) is 10.3 Å². The van der Waals surface area contributed by atoms with Crippen LogP contribution in [0, 0.1) is 17.5 Å². The van der Waals surface area contributed by atoms with Crippen LogP contribution in [0.5, 0.6) is 0 Å². The SMILES string of the molecule is CCC(F)(F)CN1[C@H](c2c(F)cc(NC3CN(CCCF)C3)cc2F)c2[nH]c3cccc(F)c3c2C[C@H]1C. The lowest BCUT2D eigenvalue weighted by atomic mass is 9.87. The molecule has 0 radical (unpaired) electrons. The van der Waals surface area contributed by atoms with Gasteiger partial charge in [-0.25, -0.2) is 22.0 Å². The number of H-pyrrole nitrogens is 1. The van der Waals surface area contributed by atoms with Crippen LogP contribution < -0.4 is 5.32 Å². The van der Waals surface area contributed by atoms with Crippen molar-refractivity contribution in [3.05, 3.63) is 64.6 Å². The summed E-state index contributed by atoms with van der Waals surface area (Å²) in [6, 6.07) is 5.13. The molecule has 0 spiro atoms. The van der Waals surface area contributed by atoms with Crippen molar-refractivity contribution in [3.8, 4) is 0 Å². The first-order valence-electron chi connectivity index (χ1n) is 13.1. The second-order valence-corrected chi connectivity index (χ2v) is 10.5. The highest BCUT2D eigenvalue weighted by Gasteiger charge is 2.43. The number of rotatable bonds is 9. The molecule has 2 atom stereocenters. The summed E-state index contributed by atoms with van der Waals surface area (Å²) in [6.45, 7) is 3.90. The molecule has 1 aromatic heterocycles. The zero-order valence-electron chi connectivity index (χ0n) is 21.4. The van der Waals surface area contributed by atoms with Gasteiger partial charge < -0.3 is 10.3 Å². The van der Waals surface area contributed by atoms with Crippen LogP contribution in [0.15, 0.2) is 30.3 Å². The maximum atomic E-state index is 15.7. The lowest BCUT2D eigenvalue weighted by molar-refractivity contribution is -0.0551. The highest BCUT2D eigenvalue weighted by molar-refractivity contribution is 5.86. The van der Waals surface area contributed by atoms with E-state index in [1.54, 1.807) is 13.0 Å². The van der Waals surface area contributed by atoms with Gasteiger partial charge in [0, 0.05) is 59.9 Å². The van der Waals surface area contributed by atoms with Crippen LogP contribution in [0.1, 0.15) is 49.6 Å². The minimum absolute atomic E-state index is 0.0306. The molecule has 10 heteroatoms. The van der Waals surface area contributed by atoms with Gasteiger partial charge in [-0.1, -0.05) is 13.0 Å². The Bertz CT molecular complexity index is 1280. The molecule has 3 heterocycles. The van der Waals surface area contributed by atoms with Gasteiger partial charge in [-0.15, -0.1) is 0 Å². The van der Waals surface area contributed by atoms with E-state index in [1.165, 1.54) is 36.1 Å². The van der Waals surface area contributed by atoms with Crippen LogP contribution in [0.4, 0.5) is 32.0 Å². The fourth-order valence-corrected chi connectivity index (χ4v) is 5.80. The minimum Gasteiger partial charge on any atom is -0.380 e.